The second kappa shape index (κ2) is 48.1. The molecule has 1 heterocycles. The fraction of sp³-hybridized carbons (Fsp3) is 0.610. The molecule has 12 nitrogen and oxygen atoms in total. The number of benzene rings is 5. The highest BCUT2D eigenvalue weighted by Crippen LogP contribution is 2.36. The van der Waals surface area contributed by atoms with Gasteiger partial charge >= 0.3 is 0 Å². The van der Waals surface area contributed by atoms with Crippen molar-refractivity contribution in [1.82, 2.24) is 0 Å². The molecule has 0 atom stereocenters. The van der Waals surface area contributed by atoms with Gasteiger partial charge in [0.1, 0.15) is 25.6 Å². The fourth-order valence-corrected chi connectivity index (χ4v) is 11.0. The summed E-state index contributed by atoms with van der Waals surface area (Å²) < 4.78 is 19.6. The number of hydrogen-bond acceptors (Lipinski definition) is 12. The molecule has 89 heavy (non-hydrogen) atoms. The number of methoxy groups -OCH3 is 2. The van der Waals surface area contributed by atoms with Crippen molar-refractivity contribution in [2.24, 2.45) is 35.5 Å². The average Bonchev–Trinajstić information content (AvgIpc) is 3.57. The van der Waals surface area contributed by atoms with Gasteiger partial charge in [0.2, 0.25) is 0 Å². The second-order valence-electron chi connectivity index (χ2n) is 25.3. The third-order valence-corrected chi connectivity index (χ3v) is 17.2. The predicted octanol–water partition coefficient (Wildman–Crippen LogP) is 19.6. The highest BCUT2D eigenvalue weighted by atomic mass is 17.2. The molecular weight excluding hydrogens is 1120 g/mol. The molecule has 0 spiro atoms. The second-order valence-corrected chi connectivity index (χ2v) is 25.3. The monoisotopic (exact) mass is 1240 g/mol. The highest BCUT2D eigenvalue weighted by Gasteiger charge is 2.21. The van der Waals surface area contributed by atoms with Crippen LogP contribution in [0.1, 0.15) is 200 Å². The molecule has 0 unspecified atom stereocenters. The van der Waals surface area contributed by atoms with Gasteiger partial charge in [-0.2, -0.15) is 4.89 Å². The normalized spacial score (nSPS) is 21.6. The van der Waals surface area contributed by atoms with E-state index in [0.717, 1.165) is 90.8 Å². The van der Waals surface area contributed by atoms with Crippen molar-refractivity contribution in [1.29, 1.82) is 0 Å². The van der Waals surface area contributed by atoms with Crippen LogP contribution < -0.4 is 9.62 Å². The summed E-state index contributed by atoms with van der Waals surface area (Å²) in [6.07, 6.45) is 22.7. The summed E-state index contributed by atoms with van der Waals surface area (Å²) in [7, 11) is 9.49. The van der Waals surface area contributed by atoms with E-state index in [1.54, 1.807) is 28.4 Å². The molecule has 4 fully saturated rings. The summed E-state index contributed by atoms with van der Waals surface area (Å²) in [5, 5.41) is 0. The van der Waals surface area contributed by atoms with Crippen LogP contribution in [0.5, 0.6) is 11.5 Å². The van der Waals surface area contributed by atoms with Gasteiger partial charge < -0.3 is 23.8 Å². The van der Waals surface area contributed by atoms with E-state index in [-0.39, 0.29) is 6.29 Å². The van der Waals surface area contributed by atoms with Crippen LogP contribution in [0.15, 0.2) is 109 Å². The van der Waals surface area contributed by atoms with Gasteiger partial charge in [0.25, 0.3) is 0 Å². The maximum atomic E-state index is 5.56. The Hall–Kier alpha value is -4.70. The Morgan fingerprint density at radius 2 is 0.843 bits per heavy atom. The van der Waals surface area contributed by atoms with Gasteiger partial charge in [-0.1, -0.05) is 195 Å². The predicted molar refractivity (Wildman–Crippen MR) is 363 cm³/mol. The number of rotatable bonds is 16. The minimum absolute atomic E-state index is 0.0196. The van der Waals surface area contributed by atoms with Crippen LogP contribution in [0.25, 0.3) is 0 Å². The molecule has 1 aliphatic heterocycles. The van der Waals surface area contributed by atoms with Crippen molar-refractivity contribution in [2.45, 2.75) is 210 Å². The molecule has 10 rings (SSSR count). The van der Waals surface area contributed by atoms with Crippen molar-refractivity contribution < 1.29 is 58.0 Å². The molecular formula is C77H120O12. The summed E-state index contributed by atoms with van der Waals surface area (Å²) in [5.41, 5.74) is 13.0. The van der Waals surface area contributed by atoms with Crippen LogP contribution in [0.3, 0.4) is 0 Å². The Kier molecular flexibility index (Phi) is 42.5. The summed E-state index contributed by atoms with van der Waals surface area (Å²) in [4.78, 5) is 39.2. The van der Waals surface area contributed by atoms with Crippen molar-refractivity contribution in [3.05, 3.63) is 165 Å². The molecule has 5 aliphatic rings. The van der Waals surface area contributed by atoms with Crippen LogP contribution in [-0.4, -0.2) is 68.8 Å². The highest BCUT2D eigenvalue weighted by molar-refractivity contribution is 5.45. The first-order chi connectivity index (χ1) is 43.0. The van der Waals surface area contributed by atoms with Crippen LogP contribution in [0.2, 0.25) is 0 Å². The molecule has 5 aromatic rings. The smallest absolute Gasteiger partial charge is 0.168 e. The third kappa shape index (κ3) is 35.1. The number of ether oxygens (including phenoxy) is 4. The Morgan fingerprint density at radius 3 is 1.29 bits per heavy atom. The summed E-state index contributed by atoms with van der Waals surface area (Å²) >= 11 is 0. The number of hydrogen-bond donors (Lipinski definition) is 0. The zero-order valence-electron chi connectivity index (χ0n) is 58.2. The Labute approximate surface area is 540 Å². The van der Waals surface area contributed by atoms with Gasteiger partial charge in [-0.15, -0.1) is 0 Å². The molecule has 0 N–H and O–H groups in total. The van der Waals surface area contributed by atoms with Crippen LogP contribution >= 0.6 is 0 Å². The Balaban J connectivity index is 0.000000279. The SMILES string of the molecule is CC1CCC(C)CC1.CC1COC(C)OC1.CCc1ccc(COOc2ccc3c(c2C)CCCC3)cc1.COC.COOCC1CCC(C)CC1.COOCc1ccc(C2CCC(C)CC2)cc1.COOCc1ccc(OC)cc1.Cc1ccc(C)cc1. The third-order valence-electron chi connectivity index (χ3n) is 17.2. The van der Waals surface area contributed by atoms with Crippen LogP contribution in [0.4, 0.5) is 0 Å². The van der Waals surface area contributed by atoms with E-state index < -0.39 is 0 Å². The van der Waals surface area contributed by atoms with Crippen LogP contribution in [0, 0.1) is 56.3 Å². The minimum atomic E-state index is 0.0196. The first kappa shape index (κ1) is 78.5. The summed E-state index contributed by atoms with van der Waals surface area (Å²) in [6, 6.07) is 37.6. The molecule has 0 bridgehead atoms. The van der Waals surface area contributed by atoms with Crippen molar-refractivity contribution in [2.75, 3.05) is 62.5 Å². The molecule has 500 valence electrons. The molecule has 3 saturated carbocycles. The molecule has 1 saturated heterocycles. The Morgan fingerprint density at radius 1 is 0.427 bits per heavy atom. The van der Waals surface area contributed by atoms with Gasteiger partial charge in [-0.05, 0) is 184 Å². The quantitative estimate of drug-likeness (QED) is 0.0693. The van der Waals surface area contributed by atoms with Crippen molar-refractivity contribution in [3.63, 3.8) is 0 Å². The lowest BCUT2D eigenvalue weighted by atomic mass is 9.79. The van der Waals surface area contributed by atoms with Gasteiger partial charge in [-0.3, -0.25) is 0 Å². The van der Waals surface area contributed by atoms with E-state index in [4.69, 9.17) is 38.6 Å². The van der Waals surface area contributed by atoms with Crippen LogP contribution in [-0.2, 0) is 87.5 Å². The first-order valence-electron chi connectivity index (χ1n) is 33.4. The lowest BCUT2D eigenvalue weighted by molar-refractivity contribution is -0.282. The first-order valence-corrected chi connectivity index (χ1v) is 33.4. The van der Waals surface area contributed by atoms with E-state index in [1.807, 2.05) is 37.3 Å². The average molecular weight is 1240 g/mol. The lowest BCUT2D eigenvalue weighted by Crippen LogP contribution is -2.27. The number of aryl methyl sites for hydroxylation is 4. The van der Waals surface area contributed by atoms with Crippen molar-refractivity contribution >= 4 is 0 Å². The van der Waals surface area contributed by atoms with E-state index in [2.05, 4.69) is 161 Å². The van der Waals surface area contributed by atoms with Gasteiger partial charge in [0, 0.05) is 20.1 Å². The van der Waals surface area contributed by atoms with E-state index in [9.17, 15) is 0 Å². The molecule has 0 amide bonds. The van der Waals surface area contributed by atoms with Gasteiger partial charge in [-0.25, -0.2) is 29.3 Å². The molecule has 0 aromatic heterocycles. The molecule has 0 radical (unpaired) electrons. The maximum absolute atomic E-state index is 5.56. The topological polar surface area (TPSA) is 111 Å². The molecule has 5 aromatic carbocycles. The molecule has 4 aliphatic carbocycles. The van der Waals surface area contributed by atoms with Gasteiger partial charge in [0.15, 0.2) is 12.0 Å². The van der Waals surface area contributed by atoms with Gasteiger partial charge in [0.05, 0.1) is 48.3 Å². The fourth-order valence-electron chi connectivity index (χ4n) is 11.0. The maximum Gasteiger partial charge on any atom is 0.168 e. The van der Waals surface area contributed by atoms with E-state index in [0.29, 0.717) is 25.7 Å². The lowest BCUT2D eigenvalue weighted by Gasteiger charge is -2.26. The number of fused-ring (bicyclic) bond motifs is 1. The van der Waals surface area contributed by atoms with E-state index in [1.165, 1.54) is 155 Å². The summed E-state index contributed by atoms with van der Waals surface area (Å²) in [5.74, 6) is 7.66. The van der Waals surface area contributed by atoms with E-state index >= 15 is 0 Å². The zero-order chi connectivity index (χ0) is 65.0. The molecule has 12 heteroatoms. The summed E-state index contributed by atoms with van der Waals surface area (Å²) in [6.45, 7) is 25.9. The van der Waals surface area contributed by atoms with Crippen molar-refractivity contribution in [3.8, 4) is 11.5 Å². The largest absolute Gasteiger partial charge is 0.497 e. The minimum Gasteiger partial charge on any atom is -0.497 e. The standard InChI is InChI=1S/C20H24O2.C15H22O2.C9H12O3.C9H18O2.C8H16.C8H10.C6H12O2.C2H6O/c1-3-16-8-10-17(11-9-16)14-21-22-20-13-12-18-6-4-5-7-19(18)15(20)2;1-12-3-7-14(8-4-12)15-9-5-13(6-10-15)11-17-16-2;1-10-9-5-3-8(4-6-9)7-12-11-2;1-8-3-5-9(6-4-8)7-11-10-2;2*1-7-3-5-8(2)6-4-7;1-5-3-7-6(2)8-4-5;1-3-2/h8-13H,3-7,14H2,1-2H3;5-6,9-10,12,14H,3-4,7-8,11H2,1-2H3;3-6H,7H2,1-2H3;8-9H,3-7H2,1-2H3;7-8H,3-6H2,1-2H3;3-6H,1-2H3;5-6H,3-4H2,1-2H3;1-2H3. The zero-order valence-corrected chi connectivity index (χ0v) is 58.2. The Bertz CT molecular complexity index is 2390.